The van der Waals surface area contributed by atoms with Crippen LogP contribution in [-0.2, 0) is 5.41 Å². The summed E-state index contributed by atoms with van der Waals surface area (Å²) >= 11 is 1.15. The summed E-state index contributed by atoms with van der Waals surface area (Å²) in [5.41, 5.74) is 0.897. The van der Waals surface area contributed by atoms with E-state index < -0.39 is 11.9 Å². The molecule has 0 bridgehead atoms. The average molecular weight is 305 g/mol. The highest BCUT2D eigenvalue weighted by atomic mass is 32.1. The molecule has 1 heterocycles. The lowest BCUT2D eigenvalue weighted by molar-refractivity contribution is 0.0688. The van der Waals surface area contributed by atoms with Crippen LogP contribution in [0.15, 0.2) is 24.3 Å². The number of rotatable bonds is 3. The fourth-order valence-electron chi connectivity index (χ4n) is 1.75. The Bertz CT molecular complexity index is 695. The molecule has 110 valence electrons. The second-order valence-corrected chi connectivity index (χ2v) is 6.63. The molecular formula is C15H15NO4S. The Morgan fingerprint density at radius 2 is 1.62 bits per heavy atom. The van der Waals surface area contributed by atoms with Crippen molar-refractivity contribution in [3.8, 4) is 11.3 Å². The van der Waals surface area contributed by atoms with Crippen molar-refractivity contribution in [1.82, 2.24) is 4.98 Å². The van der Waals surface area contributed by atoms with Gasteiger partial charge in [0.2, 0.25) is 0 Å². The van der Waals surface area contributed by atoms with E-state index in [-0.39, 0.29) is 15.9 Å². The molecule has 0 fully saturated rings. The number of hydrogen-bond acceptors (Lipinski definition) is 4. The Morgan fingerprint density at radius 3 is 2.05 bits per heavy atom. The SMILES string of the molecule is CC(C)(C)c1nc(-c2ccc(C(=O)O)cc2)c(C(=O)O)s1. The normalized spacial score (nSPS) is 11.4. The summed E-state index contributed by atoms with van der Waals surface area (Å²) in [6, 6.07) is 6.05. The number of nitrogens with zero attached hydrogens (tertiary/aromatic N) is 1. The first kappa shape index (κ1) is 15.2. The third-order valence-corrected chi connectivity index (χ3v) is 4.34. The Kier molecular flexibility index (Phi) is 3.82. The number of carboxylic acid groups (broad SMARTS) is 2. The molecule has 2 aromatic rings. The van der Waals surface area contributed by atoms with Crippen molar-refractivity contribution in [2.24, 2.45) is 0 Å². The largest absolute Gasteiger partial charge is 0.478 e. The standard InChI is InChI=1S/C15H15NO4S/c1-15(2,3)14-16-10(11(21-14)13(19)20)8-4-6-9(7-5-8)12(17)18/h4-7H,1-3H3,(H,17,18)(H,19,20). The molecule has 0 saturated heterocycles. The molecular weight excluding hydrogens is 290 g/mol. The minimum Gasteiger partial charge on any atom is -0.478 e. The number of carboxylic acids is 2. The molecule has 1 aromatic carbocycles. The van der Waals surface area contributed by atoms with Crippen molar-refractivity contribution < 1.29 is 19.8 Å². The highest BCUT2D eigenvalue weighted by Gasteiger charge is 2.25. The summed E-state index contributed by atoms with van der Waals surface area (Å²) in [7, 11) is 0. The molecule has 0 unspecified atom stereocenters. The van der Waals surface area contributed by atoms with Crippen LogP contribution in [0.25, 0.3) is 11.3 Å². The molecule has 0 spiro atoms. The van der Waals surface area contributed by atoms with Gasteiger partial charge >= 0.3 is 11.9 Å². The lowest BCUT2D eigenvalue weighted by Gasteiger charge is -2.13. The van der Waals surface area contributed by atoms with Crippen LogP contribution in [0.1, 0.15) is 45.8 Å². The van der Waals surface area contributed by atoms with E-state index in [0.717, 1.165) is 16.3 Å². The summed E-state index contributed by atoms with van der Waals surface area (Å²) in [5, 5.41) is 19.0. The molecule has 21 heavy (non-hydrogen) atoms. The summed E-state index contributed by atoms with van der Waals surface area (Å²) in [6.07, 6.45) is 0. The third-order valence-electron chi connectivity index (χ3n) is 2.87. The number of thiazole rings is 1. The quantitative estimate of drug-likeness (QED) is 0.906. The van der Waals surface area contributed by atoms with Crippen LogP contribution in [0.4, 0.5) is 0 Å². The third kappa shape index (κ3) is 3.11. The number of hydrogen-bond donors (Lipinski definition) is 2. The van der Waals surface area contributed by atoms with E-state index >= 15 is 0 Å². The zero-order valence-corrected chi connectivity index (χ0v) is 12.7. The number of carbonyl (C=O) groups is 2. The van der Waals surface area contributed by atoms with E-state index in [4.69, 9.17) is 5.11 Å². The molecule has 0 amide bonds. The summed E-state index contributed by atoms with van der Waals surface area (Å²) < 4.78 is 0. The predicted octanol–water partition coefficient (Wildman–Crippen LogP) is 3.50. The smallest absolute Gasteiger partial charge is 0.348 e. The van der Waals surface area contributed by atoms with E-state index in [1.54, 1.807) is 12.1 Å². The van der Waals surface area contributed by atoms with Gasteiger partial charge in [-0.05, 0) is 12.1 Å². The summed E-state index contributed by atoms with van der Waals surface area (Å²) in [6.45, 7) is 5.90. The molecule has 0 aliphatic carbocycles. The molecule has 0 aliphatic rings. The van der Waals surface area contributed by atoms with Crippen LogP contribution >= 0.6 is 11.3 Å². The molecule has 0 atom stereocenters. The highest BCUT2D eigenvalue weighted by Crippen LogP contribution is 2.34. The Hall–Kier alpha value is -2.21. The second-order valence-electron chi connectivity index (χ2n) is 5.63. The van der Waals surface area contributed by atoms with Gasteiger partial charge in [-0.2, -0.15) is 0 Å². The molecule has 2 N–H and O–H groups in total. The van der Waals surface area contributed by atoms with Gasteiger partial charge in [-0.3, -0.25) is 0 Å². The van der Waals surface area contributed by atoms with Crippen molar-refractivity contribution in [3.63, 3.8) is 0 Å². The molecule has 0 saturated carbocycles. The van der Waals surface area contributed by atoms with Gasteiger partial charge in [0.1, 0.15) is 4.88 Å². The van der Waals surface area contributed by atoms with Crippen molar-refractivity contribution in [2.45, 2.75) is 26.2 Å². The van der Waals surface area contributed by atoms with Gasteiger partial charge in [-0.15, -0.1) is 11.3 Å². The Labute approximate surface area is 125 Å². The maximum Gasteiger partial charge on any atom is 0.348 e. The minimum absolute atomic E-state index is 0.155. The van der Waals surface area contributed by atoms with Crippen molar-refractivity contribution in [3.05, 3.63) is 39.7 Å². The van der Waals surface area contributed by atoms with E-state index in [1.165, 1.54) is 12.1 Å². The van der Waals surface area contributed by atoms with Crippen LogP contribution < -0.4 is 0 Å². The van der Waals surface area contributed by atoms with Gasteiger partial charge in [-0.1, -0.05) is 32.9 Å². The molecule has 0 radical (unpaired) electrons. The van der Waals surface area contributed by atoms with Crippen molar-refractivity contribution in [2.75, 3.05) is 0 Å². The van der Waals surface area contributed by atoms with Gasteiger partial charge < -0.3 is 10.2 Å². The highest BCUT2D eigenvalue weighted by molar-refractivity contribution is 7.14. The van der Waals surface area contributed by atoms with Crippen molar-refractivity contribution >= 4 is 23.3 Å². The monoisotopic (exact) mass is 305 g/mol. The van der Waals surface area contributed by atoms with Gasteiger partial charge in [0.15, 0.2) is 0 Å². The predicted molar refractivity (Wildman–Crippen MR) is 80.2 cm³/mol. The summed E-state index contributed by atoms with van der Waals surface area (Å²) in [5.74, 6) is -2.05. The molecule has 0 aliphatic heterocycles. The van der Waals surface area contributed by atoms with Gasteiger partial charge in [0.05, 0.1) is 16.3 Å². The molecule has 2 rings (SSSR count). The van der Waals surface area contributed by atoms with E-state index in [2.05, 4.69) is 4.98 Å². The van der Waals surface area contributed by atoms with E-state index in [9.17, 15) is 14.7 Å². The first-order chi connectivity index (χ1) is 9.70. The molecule has 6 heteroatoms. The zero-order chi connectivity index (χ0) is 15.8. The first-order valence-corrected chi connectivity index (χ1v) is 7.10. The number of benzene rings is 1. The van der Waals surface area contributed by atoms with Crippen LogP contribution in [0.2, 0.25) is 0 Å². The summed E-state index contributed by atoms with van der Waals surface area (Å²) in [4.78, 5) is 26.8. The first-order valence-electron chi connectivity index (χ1n) is 6.28. The maximum absolute atomic E-state index is 11.4. The second kappa shape index (κ2) is 5.29. The molecule has 5 nitrogen and oxygen atoms in total. The fourth-order valence-corrected chi connectivity index (χ4v) is 2.74. The van der Waals surface area contributed by atoms with Gasteiger partial charge in [0.25, 0.3) is 0 Å². The number of aromatic nitrogens is 1. The zero-order valence-electron chi connectivity index (χ0n) is 11.9. The van der Waals surface area contributed by atoms with Gasteiger partial charge in [-0.25, -0.2) is 14.6 Å². The van der Waals surface area contributed by atoms with Crippen LogP contribution in [0, 0.1) is 0 Å². The van der Waals surface area contributed by atoms with Gasteiger partial charge in [0, 0.05) is 11.0 Å². The molecule has 1 aromatic heterocycles. The van der Waals surface area contributed by atoms with E-state index in [1.807, 2.05) is 20.8 Å². The number of aromatic carboxylic acids is 2. The lowest BCUT2D eigenvalue weighted by atomic mass is 9.98. The average Bonchev–Trinajstić information content (AvgIpc) is 2.83. The topological polar surface area (TPSA) is 87.5 Å². The Morgan fingerprint density at radius 1 is 1.05 bits per heavy atom. The van der Waals surface area contributed by atoms with Crippen LogP contribution in [0.3, 0.4) is 0 Å². The fraction of sp³-hybridized carbons (Fsp3) is 0.267. The maximum atomic E-state index is 11.4. The van der Waals surface area contributed by atoms with Crippen LogP contribution in [-0.4, -0.2) is 27.1 Å². The van der Waals surface area contributed by atoms with E-state index in [0.29, 0.717) is 11.3 Å². The Balaban J connectivity index is 2.54. The van der Waals surface area contributed by atoms with Crippen molar-refractivity contribution in [1.29, 1.82) is 0 Å². The minimum atomic E-state index is -1.03. The lowest BCUT2D eigenvalue weighted by Crippen LogP contribution is -2.10. The van der Waals surface area contributed by atoms with Crippen LogP contribution in [0.5, 0.6) is 0 Å².